The van der Waals surface area contributed by atoms with Gasteiger partial charge in [0.25, 0.3) is 0 Å². The van der Waals surface area contributed by atoms with Crippen LogP contribution in [0, 0.1) is 0 Å². The monoisotopic (exact) mass is 293 g/mol. The van der Waals surface area contributed by atoms with E-state index in [1.54, 1.807) is 7.11 Å². The van der Waals surface area contributed by atoms with E-state index in [-0.39, 0.29) is 18.2 Å². The Morgan fingerprint density at radius 1 is 1.24 bits per heavy atom. The van der Waals surface area contributed by atoms with Crippen molar-refractivity contribution in [1.29, 1.82) is 0 Å². The maximum absolute atomic E-state index is 10.3. The van der Waals surface area contributed by atoms with Crippen LogP contribution in [0.4, 0.5) is 0 Å². The van der Waals surface area contributed by atoms with Crippen molar-refractivity contribution in [1.82, 2.24) is 5.32 Å². The standard InChI is InChI=1S/C17H27NO3/c1-12(18-2)14-10-9-13(20-3)11-17(14)21-16-8-6-4-5-7-15(16)19/h9-12,15-16,18-19H,4-8H2,1-3H3. The molecule has 2 N–H and O–H groups in total. The minimum absolute atomic E-state index is 0.123. The third-order valence-corrected chi connectivity index (χ3v) is 4.32. The first-order chi connectivity index (χ1) is 10.2. The van der Waals surface area contributed by atoms with E-state index >= 15 is 0 Å². The summed E-state index contributed by atoms with van der Waals surface area (Å²) in [6, 6.07) is 6.08. The molecule has 0 amide bonds. The van der Waals surface area contributed by atoms with Gasteiger partial charge in [0.15, 0.2) is 0 Å². The summed E-state index contributed by atoms with van der Waals surface area (Å²) in [4.78, 5) is 0. The molecule has 3 unspecified atom stereocenters. The minimum Gasteiger partial charge on any atom is -0.497 e. The number of methoxy groups -OCH3 is 1. The third-order valence-electron chi connectivity index (χ3n) is 4.32. The quantitative estimate of drug-likeness (QED) is 0.819. The van der Waals surface area contributed by atoms with Crippen LogP contribution in [0.3, 0.4) is 0 Å². The van der Waals surface area contributed by atoms with Crippen molar-refractivity contribution in [2.75, 3.05) is 14.2 Å². The molecule has 0 bridgehead atoms. The zero-order valence-electron chi connectivity index (χ0n) is 13.3. The Labute approximate surface area is 127 Å². The van der Waals surface area contributed by atoms with Gasteiger partial charge in [0.1, 0.15) is 17.6 Å². The van der Waals surface area contributed by atoms with Crippen LogP contribution in [-0.4, -0.2) is 31.5 Å². The Bertz CT molecular complexity index is 450. The van der Waals surface area contributed by atoms with Crippen molar-refractivity contribution in [2.45, 2.75) is 57.3 Å². The number of hydrogen-bond acceptors (Lipinski definition) is 4. The van der Waals surface area contributed by atoms with Crippen LogP contribution in [0.5, 0.6) is 11.5 Å². The summed E-state index contributed by atoms with van der Waals surface area (Å²) in [5.74, 6) is 1.59. The molecule has 3 atom stereocenters. The first kappa shape index (κ1) is 16.1. The molecular weight excluding hydrogens is 266 g/mol. The largest absolute Gasteiger partial charge is 0.497 e. The van der Waals surface area contributed by atoms with E-state index in [2.05, 4.69) is 12.2 Å². The number of aliphatic hydroxyl groups excluding tert-OH is 1. The number of benzene rings is 1. The Hall–Kier alpha value is -1.26. The van der Waals surface area contributed by atoms with Crippen molar-refractivity contribution < 1.29 is 14.6 Å². The van der Waals surface area contributed by atoms with Crippen LogP contribution in [0.1, 0.15) is 50.6 Å². The molecule has 1 fully saturated rings. The Morgan fingerprint density at radius 2 is 2.00 bits per heavy atom. The van der Waals surface area contributed by atoms with Crippen molar-refractivity contribution in [3.63, 3.8) is 0 Å². The van der Waals surface area contributed by atoms with E-state index in [1.807, 2.05) is 25.2 Å². The maximum atomic E-state index is 10.3. The molecule has 118 valence electrons. The number of rotatable bonds is 5. The lowest BCUT2D eigenvalue weighted by molar-refractivity contribution is 0.0311. The van der Waals surface area contributed by atoms with Crippen molar-refractivity contribution >= 4 is 0 Å². The fourth-order valence-electron chi connectivity index (χ4n) is 2.81. The van der Waals surface area contributed by atoms with E-state index in [1.165, 1.54) is 6.42 Å². The average molecular weight is 293 g/mol. The number of aliphatic hydroxyl groups is 1. The lowest BCUT2D eigenvalue weighted by Crippen LogP contribution is -2.31. The third kappa shape index (κ3) is 4.11. The highest BCUT2D eigenvalue weighted by atomic mass is 16.5. The highest BCUT2D eigenvalue weighted by Gasteiger charge is 2.25. The predicted molar refractivity (Wildman–Crippen MR) is 84.0 cm³/mol. The summed E-state index contributed by atoms with van der Waals surface area (Å²) < 4.78 is 11.5. The van der Waals surface area contributed by atoms with Gasteiger partial charge in [-0.15, -0.1) is 0 Å². The van der Waals surface area contributed by atoms with Gasteiger partial charge in [-0.1, -0.05) is 18.9 Å². The van der Waals surface area contributed by atoms with E-state index in [4.69, 9.17) is 9.47 Å². The lowest BCUT2D eigenvalue weighted by Gasteiger charge is -2.25. The molecule has 4 nitrogen and oxygen atoms in total. The van der Waals surface area contributed by atoms with Gasteiger partial charge in [0.05, 0.1) is 13.2 Å². The Kier molecular flexibility index (Phi) is 5.88. The second-order valence-corrected chi connectivity index (χ2v) is 5.78. The first-order valence-electron chi connectivity index (χ1n) is 7.85. The van der Waals surface area contributed by atoms with Crippen LogP contribution in [0.2, 0.25) is 0 Å². The lowest BCUT2D eigenvalue weighted by atomic mass is 10.1. The molecule has 21 heavy (non-hydrogen) atoms. The van der Waals surface area contributed by atoms with Gasteiger partial charge < -0.3 is 19.9 Å². The number of nitrogens with one attached hydrogen (secondary N) is 1. The van der Waals surface area contributed by atoms with Gasteiger partial charge in [-0.3, -0.25) is 0 Å². The molecule has 1 aliphatic rings. The molecule has 0 radical (unpaired) electrons. The van der Waals surface area contributed by atoms with Gasteiger partial charge in [0.2, 0.25) is 0 Å². The minimum atomic E-state index is -0.378. The van der Waals surface area contributed by atoms with Crippen LogP contribution in [0.15, 0.2) is 18.2 Å². The summed E-state index contributed by atoms with van der Waals surface area (Å²) in [7, 11) is 3.58. The second-order valence-electron chi connectivity index (χ2n) is 5.78. The van der Waals surface area contributed by atoms with E-state index in [0.717, 1.165) is 42.7 Å². The predicted octanol–water partition coefficient (Wildman–Crippen LogP) is 3.05. The molecule has 1 aromatic carbocycles. The van der Waals surface area contributed by atoms with Gasteiger partial charge >= 0.3 is 0 Å². The molecule has 0 aliphatic heterocycles. The molecule has 0 spiro atoms. The number of hydrogen-bond donors (Lipinski definition) is 2. The fourth-order valence-corrected chi connectivity index (χ4v) is 2.81. The zero-order valence-corrected chi connectivity index (χ0v) is 13.3. The molecule has 1 saturated carbocycles. The van der Waals surface area contributed by atoms with Crippen LogP contribution >= 0.6 is 0 Å². The zero-order chi connectivity index (χ0) is 15.2. The summed E-state index contributed by atoms with van der Waals surface area (Å²) >= 11 is 0. The highest BCUT2D eigenvalue weighted by molar-refractivity contribution is 5.42. The molecule has 4 heteroatoms. The van der Waals surface area contributed by atoms with E-state index in [0.29, 0.717) is 0 Å². The van der Waals surface area contributed by atoms with Gasteiger partial charge in [-0.25, -0.2) is 0 Å². The average Bonchev–Trinajstić information content (AvgIpc) is 2.71. The summed E-state index contributed by atoms with van der Waals surface area (Å²) in [6.07, 6.45) is 4.60. The molecule has 1 aromatic rings. The smallest absolute Gasteiger partial charge is 0.128 e. The van der Waals surface area contributed by atoms with Crippen LogP contribution < -0.4 is 14.8 Å². The maximum Gasteiger partial charge on any atom is 0.128 e. The topological polar surface area (TPSA) is 50.7 Å². The molecule has 0 saturated heterocycles. The molecular formula is C17H27NO3. The van der Waals surface area contributed by atoms with E-state index in [9.17, 15) is 5.11 Å². The summed E-state index contributed by atoms with van der Waals surface area (Å²) in [6.45, 7) is 2.10. The second kappa shape index (κ2) is 7.66. The molecule has 0 aromatic heterocycles. The number of ether oxygens (including phenoxy) is 2. The molecule has 1 aliphatic carbocycles. The normalized spacial score (nSPS) is 24.2. The first-order valence-corrected chi connectivity index (χ1v) is 7.85. The summed E-state index contributed by atoms with van der Waals surface area (Å²) in [5, 5.41) is 13.5. The van der Waals surface area contributed by atoms with Gasteiger partial charge in [-0.05, 0) is 39.3 Å². The van der Waals surface area contributed by atoms with Gasteiger partial charge in [0, 0.05) is 17.7 Å². The van der Waals surface area contributed by atoms with Crippen molar-refractivity contribution in [2.24, 2.45) is 0 Å². The van der Waals surface area contributed by atoms with Crippen molar-refractivity contribution in [3.8, 4) is 11.5 Å². The van der Waals surface area contributed by atoms with Crippen LogP contribution in [-0.2, 0) is 0 Å². The summed E-state index contributed by atoms with van der Waals surface area (Å²) in [5.41, 5.74) is 1.09. The van der Waals surface area contributed by atoms with E-state index < -0.39 is 0 Å². The van der Waals surface area contributed by atoms with Crippen molar-refractivity contribution in [3.05, 3.63) is 23.8 Å². The molecule has 0 heterocycles. The SMILES string of the molecule is CNC(C)c1ccc(OC)cc1OC1CCCCCC1O. The Balaban J connectivity index is 2.23. The fraction of sp³-hybridized carbons (Fsp3) is 0.647. The molecule has 2 rings (SSSR count). The highest BCUT2D eigenvalue weighted by Crippen LogP contribution is 2.32. The van der Waals surface area contributed by atoms with Gasteiger partial charge in [-0.2, -0.15) is 0 Å². The van der Waals surface area contributed by atoms with Crippen LogP contribution in [0.25, 0.3) is 0 Å². The Morgan fingerprint density at radius 3 is 2.71 bits per heavy atom.